The van der Waals surface area contributed by atoms with Gasteiger partial charge < -0.3 is 14.8 Å². The highest BCUT2D eigenvalue weighted by atomic mass is 16.3. The first kappa shape index (κ1) is 14.1. The Bertz CT molecular complexity index is 407. The lowest BCUT2D eigenvalue weighted by atomic mass is 9.64. The largest absolute Gasteiger partial charge is 0.467 e. The molecule has 2 rings (SSSR count). The number of aliphatic hydroxyl groups is 1. The number of hydrogen-bond donors (Lipinski definition) is 2. The predicted molar refractivity (Wildman–Crippen MR) is 72.4 cm³/mol. The Morgan fingerprint density at radius 1 is 1.53 bits per heavy atom. The molecule has 0 spiro atoms. The molecule has 1 saturated carbocycles. The van der Waals surface area contributed by atoms with E-state index in [0.717, 1.165) is 25.7 Å². The maximum Gasteiger partial charge on any atom is 0.226 e. The van der Waals surface area contributed by atoms with Crippen LogP contribution in [-0.2, 0) is 4.79 Å². The van der Waals surface area contributed by atoms with Crippen LogP contribution in [-0.4, -0.2) is 17.6 Å². The van der Waals surface area contributed by atoms with Crippen LogP contribution in [0.2, 0.25) is 0 Å². The molecular formula is C15H23NO3. The van der Waals surface area contributed by atoms with Gasteiger partial charge in [-0.15, -0.1) is 0 Å². The molecule has 0 aliphatic heterocycles. The number of rotatable bonds is 6. The highest BCUT2D eigenvalue weighted by Gasteiger charge is 2.44. The summed E-state index contributed by atoms with van der Waals surface area (Å²) in [5, 5.41) is 12.3. The number of furan rings is 1. The summed E-state index contributed by atoms with van der Waals surface area (Å²) in [4.78, 5) is 12.5. The third-order valence-electron chi connectivity index (χ3n) is 3.97. The maximum atomic E-state index is 12.5. The van der Waals surface area contributed by atoms with E-state index in [0.29, 0.717) is 11.7 Å². The molecular weight excluding hydrogens is 242 g/mol. The summed E-state index contributed by atoms with van der Waals surface area (Å²) in [6.45, 7) is 4.14. The second-order valence-electron chi connectivity index (χ2n) is 5.96. The zero-order chi connectivity index (χ0) is 13.9. The van der Waals surface area contributed by atoms with Crippen LogP contribution in [0.5, 0.6) is 0 Å². The van der Waals surface area contributed by atoms with Crippen molar-refractivity contribution in [3.8, 4) is 0 Å². The first-order valence-corrected chi connectivity index (χ1v) is 7.02. The number of carbonyl (C=O) groups excluding carboxylic acids is 1. The van der Waals surface area contributed by atoms with Crippen LogP contribution in [0.25, 0.3) is 0 Å². The molecule has 1 heterocycles. The van der Waals surface area contributed by atoms with Gasteiger partial charge in [0.2, 0.25) is 5.91 Å². The number of nitrogens with one attached hydrogen (secondary N) is 1. The van der Waals surface area contributed by atoms with Gasteiger partial charge in [-0.05, 0) is 37.3 Å². The quantitative estimate of drug-likeness (QED) is 0.831. The highest BCUT2D eigenvalue weighted by molar-refractivity contribution is 5.83. The fourth-order valence-electron chi connectivity index (χ4n) is 2.92. The van der Waals surface area contributed by atoms with Crippen molar-refractivity contribution in [2.24, 2.45) is 11.3 Å². The van der Waals surface area contributed by atoms with Gasteiger partial charge in [-0.2, -0.15) is 0 Å². The fraction of sp³-hybridized carbons (Fsp3) is 0.667. The average molecular weight is 265 g/mol. The van der Waals surface area contributed by atoms with E-state index >= 15 is 0 Å². The molecule has 2 N–H and O–H groups in total. The van der Waals surface area contributed by atoms with Crippen molar-refractivity contribution >= 4 is 5.91 Å². The van der Waals surface area contributed by atoms with Gasteiger partial charge >= 0.3 is 0 Å². The topological polar surface area (TPSA) is 62.5 Å². The third kappa shape index (κ3) is 3.00. The lowest BCUT2D eigenvalue weighted by Gasteiger charge is -2.42. The van der Waals surface area contributed by atoms with Crippen LogP contribution in [0.4, 0.5) is 0 Å². The summed E-state index contributed by atoms with van der Waals surface area (Å²) in [7, 11) is 0. The van der Waals surface area contributed by atoms with Gasteiger partial charge in [-0.1, -0.05) is 20.3 Å². The van der Waals surface area contributed by atoms with Crippen molar-refractivity contribution in [2.45, 2.75) is 45.6 Å². The molecule has 4 nitrogen and oxygen atoms in total. The molecule has 0 saturated heterocycles. The van der Waals surface area contributed by atoms with E-state index in [2.05, 4.69) is 19.2 Å². The number of aliphatic hydroxyl groups excluding tert-OH is 1. The third-order valence-corrected chi connectivity index (χ3v) is 3.97. The smallest absolute Gasteiger partial charge is 0.226 e. The van der Waals surface area contributed by atoms with E-state index in [4.69, 9.17) is 4.42 Å². The normalized spacial score (nSPS) is 18.9. The van der Waals surface area contributed by atoms with E-state index in [1.807, 2.05) is 0 Å². The lowest BCUT2D eigenvalue weighted by molar-refractivity contribution is -0.138. The van der Waals surface area contributed by atoms with Crippen LogP contribution in [0.15, 0.2) is 22.8 Å². The molecule has 1 aliphatic rings. The van der Waals surface area contributed by atoms with Crippen LogP contribution in [0, 0.1) is 11.3 Å². The van der Waals surface area contributed by atoms with Crippen LogP contribution in [0.1, 0.15) is 51.3 Å². The predicted octanol–water partition coefficient (Wildman–Crippen LogP) is 2.65. The van der Waals surface area contributed by atoms with E-state index < -0.39 is 6.04 Å². The van der Waals surface area contributed by atoms with Crippen molar-refractivity contribution in [1.29, 1.82) is 0 Å². The molecule has 1 aliphatic carbocycles. The Morgan fingerprint density at radius 3 is 2.68 bits per heavy atom. The van der Waals surface area contributed by atoms with Gasteiger partial charge in [0.1, 0.15) is 11.8 Å². The molecule has 1 fully saturated rings. The highest BCUT2D eigenvalue weighted by Crippen LogP contribution is 2.46. The molecule has 0 bridgehead atoms. The average Bonchev–Trinajstić information content (AvgIpc) is 2.83. The minimum Gasteiger partial charge on any atom is -0.467 e. The van der Waals surface area contributed by atoms with Gasteiger partial charge in [0.15, 0.2) is 0 Å². The summed E-state index contributed by atoms with van der Waals surface area (Å²) in [5.41, 5.74) is -0.228. The summed E-state index contributed by atoms with van der Waals surface area (Å²) < 4.78 is 5.26. The lowest BCUT2D eigenvalue weighted by Crippen LogP contribution is -2.48. The van der Waals surface area contributed by atoms with E-state index in [1.54, 1.807) is 18.4 Å². The van der Waals surface area contributed by atoms with Crippen LogP contribution in [0.3, 0.4) is 0 Å². The molecule has 0 radical (unpaired) electrons. The maximum absolute atomic E-state index is 12.5. The van der Waals surface area contributed by atoms with Crippen molar-refractivity contribution in [3.05, 3.63) is 24.2 Å². The van der Waals surface area contributed by atoms with Crippen molar-refractivity contribution in [3.63, 3.8) is 0 Å². The Balaban J connectivity index is 2.02. The first-order valence-electron chi connectivity index (χ1n) is 7.02. The Kier molecular flexibility index (Phi) is 4.30. The van der Waals surface area contributed by atoms with Gasteiger partial charge in [0.25, 0.3) is 0 Å². The zero-order valence-corrected chi connectivity index (χ0v) is 11.7. The molecule has 0 aromatic carbocycles. The van der Waals surface area contributed by atoms with Crippen molar-refractivity contribution < 1.29 is 14.3 Å². The second-order valence-corrected chi connectivity index (χ2v) is 5.96. The first-order chi connectivity index (χ1) is 9.07. The van der Waals surface area contributed by atoms with Gasteiger partial charge in [-0.3, -0.25) is 4.79 Å². The minimum atomic E-state index is -0.438. The zero-order valence-electron chi connectivity index (χ0n) is 11.7. The minimum absolute atomic E-state index is 0.0582. The molecule has 106 valence electrons. The van der Waals surface area contributed by atoms with Crippen molar-refractivity contribution in [1.82, 2.24) is 5.32 Å². The number of amides is 1. The number of carbonyl (C=O) groups is 1. The molecule has 19 heavy (non-hydrogen) atoms. The number of hydrogen-bond acceptors (Lipinski definition) is 3. The van der Waals surface area contributed by atoms with Gasteiger partial charge in [-0.25, -0.2) is 0 Å². The molecule has 1 atom stereocenters. The summed E-state index contributed by atoms with van der Waals surface area (Å²) in [5.74, 6) is 1.17. The van der Waals surface area contributed by atoms with E-state index in [-0.39, 0.29) is 17.9 Å². The Labute approximate surface area is 114 Å². The van der Waals surface area contributed by atoms with Crippen LogP contribution >= 0.6 is 0 Å². The van der Waals surface area contributed by atoms with Crippen LogP contribution < -0.4 is 5.32 Å². The molecule has 1 amide bonds. The Hall–Kier alpha value is -1.29. The monoisotopic (exact) mass is 265 g/mol. The molecule has 1 aromatic heterocycles. The summed E-state index contributed by atoms with van der Waals surface area (Å²) in [6, 6.07) is 3.10. The van der Waals surface area contributed by atoms with E-state index in [9.17, 15) is 9.90 Å². The fourth-order valence-corrected chi connectivity index (χ4v) is 2.92. The standard InChI is InChI=1S/C15H23NO3/c1-11(2)9-15(6-4-7-15)14(18)16-12(10-17)13-5-3-8-19-13/h3,5,8,11-12,17H,4,6-7,9-10H2,1-2H3,(H,16,18). The second kappa shape index (κ2) is 5.78. The molecule has 1 unspecified atom stereocenters. The SMILES string of the molecule is CC(C)CC1(C(=O)NC(CO)c2ccco2)CCC1. The van der Waals surface area contributed by atoms with Gasteiger partial charge in [0, 0.05) is 5.41 Å². The summed E-state index contributed by atoms with van der Waals surface area (Å²) >= 11 is 0. The summed E-state index contributed by atoms with van der Waals surface area (Å²) in [6.07, 6.45) is 5.48. The molecule has 1 aromatic rings. The van der Waals surface area contributed by atoms with Gasteiger partial charge in [0.05, 0.1) is 12.9 Å². The van der Waals surface area contributed by atoms with Crippen molar-refractivity contribution in [2.75, 3.05) is 6.61 Å². The Morgan fingerprint density at radius 2 is 2.26 bits per heavy atom. The van der Waals surface area contributed by atoms with E-state index in [1.165, 1.54) is 0 Å². The molecule has 4 heteroatoms.